The number of ether oxygens (including phenoxy) is 1. The number of halogens is 2. The fourth-order valence-electron chi connectivity index (χ4n) is 2.27. The Balaban J connectivity index is 1.69. The zero-order chi connectivity index (χ0) is 15.8. The molecule has 7 heteroatoms. The average molecular weight is 312 g/mol. The lowest BCUT2D eigenvalue weighted by atomic mass is 10.2. The molecule has 22 heavy (non-hydrogen) atoms. The summed E-state index contributed by atoms with van der Waals surface area (Å²) in [6.07, 6.45) is 5.73. The average Bonchev–Trinajstić information content (AvgIpc) is 2.97. The molecule has 2 rings (SSSR count). The van der Waals surface area contributed by atoms with Crippen molar-refractivity contribution in [1.29, 1.82) is 0 Å². The number of hydrogen-bond acceptors (Lipinski definition) is 4. The van der Waals surface area contributed by atoms with Gasteiger partial charge >= 0.3 is 6.61 Å². The van der Waals surface area contributed by atoms with Crippen molar-refractivity contribution in [2.24, 2.45) is 5.16 Å². The molecular formula is C15H18F2N2O3. The van der Waals surface area contributed by atoms with Gasteiger partial charge in [0.15, 0.2) is 6.61 Å². The molecule has 0 heterocycles. The van der Waals surface area contributed by atoms with Crippen LogP contribution in [0, 0.1) is 0 Å². The van der Waals surface area contributed by atoms with E-state index in [-0.39, 0.29) is 24.3 Å². The number of carbonyl (C=O) groups excluding carboxylic acids is 1. The molecule has 1 aliphatic carbocycles. The van der Waals surface area contributed by atoms with Gasteiger partial charge in [-0.3, -0.25) is 4.79 Å². The fraction of sp³-hybridized carbons (Fsp3) is 0.467. The Morgan fingerprint density at radius 3 is 2.64 bits per heavy atom. The molecular weight excluding hydrogens is 294 g/mol. The second-order valence-electron chi connectivity index (χ2n) is 5.00. The first-order chi connectivity index (χ1) is 10.6. The second kappa shape index (κ2) is 8.31. The van der Waals surface area contributed by atoms with Crippen LogP contribution in [0.1, 0.15) is 31.2 Å². The summed E-state index contributed by atoms with van der Waals surface area (Å²) in [7, 11) is 0. The summed E-state index contributed by atoms with van der Waals surface area (Å²) in [5.41, 5.74) is 0.651. The highest BCUT2D eigenvalue weighted by molar-refractivity contribution is 5.80. The van der Waals surface area contributed by atoms with E-state index in [1.807, 2.05) is 0 Å². The minimum Gasteiger partial charge on any atom is -0.435 e. The summed E-state index contributed by atoms with van der Waals surface area (Å²) in [5.74, 6) is -0.117. The molecule has 1 aromatic rings. The lowest BCUT2D eigenvalue weighted by Gasteiger charge is -2.10. The summed E-state index contributed by atoms with van der Waals surface area (Å²) in [4.78, 5) is 16.5. The van der Waals surface area contributed by atoms with Gasteiger partial charge < -0.3 is 14.9 Å². The van der Waals surface area contributed by atoms with Crippen LogP contribution >= 0.6 is 0 Å². The molecule has 0 radical (unpaired) electrons. The third-order valence-electron chi connectivity index (χ3n) is 3.30. The van der Waals surface area contributed by atoms with Crippen LogP contribution in [0.3, 0.4) is 0 Å². The molecule has 0 aliphatic heterocycles. The number of nitrogens with one attached hydrogen (secondary N) is 1. The number of oxime groups is 1. The predicted octanol–water partition coefficient (Wildman–Crippen LogP) is 2.70. The maximum atomic E-state index is 12.0. The van der Waals surface area contributed by atoms with E-state index in [1.165, 1.54) is 18.3 Å². The van der Waals surface area contributed by atoms with Crippen LogP contribution in [0.2, 0.25) is 0 Å². The maximum Gasteiger partial charge on any atom is 0.387 e. The summed E-state index contributed by atoms with van der Waals surface area (Å²) >= 11 is 0. The molecule has 0 saturated heterocycles. The van der Waals surface area contributed by atoms with Crippen molar-refractivity contribution in [2.75, 3.05) is 6.61 Å². The molecule has 0 atom stereocenters. The highest BCUT2D eigenvalue weighted by atomic mass is 19.3. The number of rotatable bonds is 7. The van der Waals surface area contributed by atoms with Gasteiger partial charge in [0.1, 0.15) is 5.75 Å². The third kappa shape index (κ3) is 5.67. The van der Waals surface area contributed by atoms with Crippen LogP contribution in [0.5, 0.6) is 5.75 Å². The van der Waals surface area contributed by atoms with Gasteiger partial charge in [-0.25, -0.2) is 0 Å². The largest absolute Gasteiger partial charge is 0.435 e. The minimum absolute atomic E-state index is 0.0732. The van der Waals surface area contributed by atoms with Crippen molar-refractivity contribution < 1.29 is 23.1 Å². The highest BCUT2D eigenvalue weighted by Crippen LogP contribution is 2.17. The van der Waals surface area contributed by atoms with Crippen molar-refractivity contribution in [1.82, 2.24) is 5.32 Å². The quantitative estimate of drug-likeness (QED) is 0.622. The first-order valence-electron chi connectivity index (χ1n) is 7.13. The van der Waals surface area contributed by atoms with Crippen LogP contribution < -0.4 is 10.1 Å². The second-order valence-corrected chi connectivity index (χ2v) is 5.00. The third-order valence-corrected chi connectivity index (χ3v) is 3.30. The molecule has 1 N–H and O–H groups in total. The van der Waals surface area contributed by atoms with Gasteiger partial charge in [-0.1, -0.05) is 18.0 Å². The van der Waals surface area contributed by atoms with Gasteiger partial charge in [0, 0.05) is 6.04 Å². The van der Waals surface area contributed by atoms with E-state index in [1.54, 1.807) is 12.1 Å². The smallest absolute Gasteiger partial charge is 0.387 e. The minimum atomic E-state index is -2.85. The van der Waals surface area contributed by atoms with E-state index in [9.17, 15) is 13.6 Å². The predicted molar refractivity (Wildman–Crippen MR) is 77.0 cm³/mol. The van der Waals surface area contributed by atoms with Gasteiger partial charge in [0.05, 0.1) is 6.21 Å². The van der Waals surface area contributed by atoms with E-state index in [0.29, 0.717) is 5.56 Å². The number of alkyl halides is 2. The SMILES string of the molecule is O=C(CON=Cc1ccc(OC(F)F)cc1)NC1CCCC1. The zero-order valence-electron chi connectivity index (χ0n) is 12.0. The molecule has 5 nitrogen and oxygen atoms in total. The van der Waals surface area contributed by atoms with E-state index >= 15 is 0 Å². The summed E-state index contributed by atoms with van der Waals surface area (Å²) in [6, 6.07) is 6.18. The van der Waals surface area contributed by atoms with Crippen molar-refractivity contribution in [3.05, 3.63) is 29.8 Å². The Labute approximate surface area is 127 Å². The molecule has 1 aromatic carbocycles. The number of amides is 1. The van der Waals surface area contributed by atoms with Crippen LogP contribution in [0.4, 0.5) is 8.78 Å². The molecule has 1 saturated carbocycles. The van der Waals surface area contributed by atoms with Crippen LogP contribution in [0.25, 0.3) is 0 Å². The van der Waals surface area contributed by atoms with E-state index in [4.69, 9.17) is 4.84 Å². The number of carbonyl (C=O) groups is 1. The van der Waals surface area contributed by atoms with Crippen molar-refractivity contribution in [2.45, 2.75) is 38.3 Å². The van der Waals surface area contributed by atoms with Crippen LogP contribution in [-0.4, -0.2) is 31.4 Å². The molecule has 1 aliphatic rings. The molecule has 0 bridgehead atoms. The van der Waals surface area contributed by atoms with E-state index in [2.05, 4.69) is 15.2 Å². The Kier molecular flexibility index (Phi) is 6.12. The standard InChI is InChI=1S/C15H18F2N2O3/c16-15(17)22-13-7-5-11(6-8-13)9-18-21-10-14(20)19-12-3-1-2-4-12/h5-9,12,15H,1-4,10H2,(H,19,20). The number of hydrogen-bond donors (Lipinski definition) is 1. The fourth-order valence-corrected chi connectivity index (χ4v) is 2.27. The Morgan fingerprint density at radius 1 is 1.32 bits per heavy atom. The molecule has 1 amide bonds. The van der Waals surface area contributed by atoms with Crippen LogP contribution in [-0.2, 0) is 9.63 Å². The first kappa shape index (κ1) is 16.2. The van der Waals surface area contributed by atoms with Gasteiger partial charge in [0.25, 0.3) is 5.91 Å². The zero-order valence-corrected chi connectivity index (χ0v) is 12.0. The summed E-state index contributed by atoms with van der Waals surface area (Å²) in [5, 5.41) is 6.55. The van der Waals surface area contributed by atoms with E-state index < -0.39 is 6.61 Å². The number of nitrogens with zero attached hydrogens (tertiary/aromatic N) is 1. The van der Waals surface area contributed by atoms with Crippen molar-refractivity contribution in [3.8, 4) is 5.75 Å². The molecule has 1 fully saturated rings. The lowest BCUT2D eigenvalue weighted by molar-refractivity contribution is -0.126. The Morgan fingerprint density at radius 2 is 2.00 bits per heavy atom. The molecule has 0 unspecified atom stereocenters. The van der Waals surface area contributed by atoms with Gasteiger partial charge in [-0.2, -0.15) is 8.78 Å². The van der Waals surface area contributed by atoms with Gasteiger partial charge in [-0.15, -0.1) is 0 Å². The monoisotopic (exact) mass is 312 g/mol. The Bertz CT molecular complexity index is 500. The Hall–Kier alpha value is -2.18. The van der Waals surface area contributed by atoms with Crippen molar-refractivity contribution >= 4 is 12.1 Å². The molecule has 0 aromatic heterocycles. The van der Waals surface area contributed by atoms with Gasteiger partial charge in [-0.05, 0) is 42.7 Å². The summed E-state index contributed by atoms with van der Waals surface area (Å²) in [6.45, 7) is -2.99. The molecule has 0 spiro atoms. The van der Waals surface area contributed by atoms with Gasteiger partial charge in [0.2, 0.25) is 0 Å². The highest BCUT2D eigenvalue weighted by Gasteiger charge is 2.16. The van der Waals surface area contributed by atoms with Crippen LogP contribution in [0.15, 0.2) is 29.4 Å². The first-order valence-corrected chi connectivity index (χ1v) is 7.13. The summed E-state index contributed by atoms with van der Waals surface area (Å²) < 4.78 is 28.2. The lowest BCUT2D eigenvalue weighted by Crippen LogP contribution is -2.34. The maximum absolute atomic E-state index is 12.0. The number of benzene rings is 1. The van der Waals surface area contributed by atoms with E-state index in [0.717, 1.165) is 25.7 Å². The van der Waals surface area contributed by atoms with Crippen molar-refractivity contribution in [3.63, 3.8) is 0 Å². The molecule has 120 valence electrons. The normalized spacial score (nSPS) is 15.4. The topological polar surface area (TPSA) is 59.9 Å².